The molecule has 0 aromatic heterocycles. The van der Waals surface area contributed by atoms with E-state index in [4.69, 9.17) is 9.47 Å². The molecular formula is C11H12O3. The summed E-state index contributed by atoms with van der Waals surface area (Å²) in [6.45, 7) is 0.290. The third-order valence-corrected chi connectivity index (χ3v) is 2.81. The van der Waals surface area contributed by atoms with Gasteiger partial charge >= 0.3 is 0 Å². The van der Waals surface area contributed by atoms with Crippen LogP contribution in [0.1, 0.15) is 24.5 Å². The molecule has 0 amide bonds. The minimum atomic E-state index is -0.329. The SMILES string of the molecule is O[C@@H](c1ccc2c(c1)OCO2)C1CC1. The largest absolute Gasteiger partial charge is 0.454 e. The molecule has 1 saturated carbocycles. The molecule has 74 valence electrons. The van der Waals surface area contributed by atoms with Gasteiger partial charge in [-0.3, -0.25) is 0 Å². The first-order valence-corrected chi connectivity index (χ1v) is 4.92. The molecule has 3 heteroatoms. The molecule has 1 aliphatic heterocycles. The van der Waals surface area contributed by atoms with E-state index in [9.17, 15) is 5.11 Å². The van der Waals surface area contributed by atoms with Gasteiger partial charge < -0.3 is 14.6 Å². The molecule has 0 bridgehead atoms. The van der Waals surface area contributed by atoms with Crippen LogP contribution < -0.4 is 9.47 Å². The van der Waals surface area contributed by atoms with Gasteiger partial charge in [-0.25, -0.2) is 0 Å². The van der Waals surface area contributed by atoms with Crippen LogP contribution in [0.3, 0.4) is 0 Å². The van der Waals surface area contributed by atoms with E-state index in [1.807, 2.05) is 18.2 Å². The number of benzene rings is 1. The molecule has 14 heavy (non-hydrogen) atoms. The molecule has 0 radical (unpaired) electrons. The lowest BCUT2D eigenvalue weighted by molar-refractivity contribution is 0.153. The van der Waals surface area contributed by atoms with E-state index in [0.717, 1.165) is 29.9 Å². The summed E-state index contributed by atoms with van der Waals surface area (Å²) < 4.78 is 10.5. The Kier molecular flexibility index (Phi) is 1.67. The van der Waals surface area contributed by atoms with Crippen molar-refractivity contribution in [3.05, 3.63) is 23.8 Å². The van der Waals surface area contributed by atoms with Gasteiger partial charge in [-0.2, -0.15) is 0 Å². The lowest BCUT2D eigenvalue weighted by Gasteiger charge is -2.09. The monoisotopic (exact) mass is 192 g/mol. The zero-order valence-electron chi connectivity index (χ0n) is 7.77. The van der Waals surface area contributed by atoms with E-state index in [1.165, 1.54) is 0 Å². The Morgan fingerprint density at radius 3 is 2.79 bits per heavy atom. The molecule has 1 aromatic rings. The van der Waals surface area contributed by atoms with Crippen LogP contribution >= 0.6 is 0 Å². The van der Waals surface area contributed by atoms with Gasteiger partial charge in [0.1, 0.15) is 0 Å². The number of aliphatic hydroxyl groups excluding tert-OH is 1. The normalized spacial score (nSPS) is 20.9. The quantitative estimate of drug-likeness (QED) is 0.777. The molecule has 1 heterocycles. The smallest absolute Gasteiger partial charge is 0.231 e. The van der Waals surface area contributed by atoms with Crippen LogP contribution in [0.2, 0.25) is 0 Å². The number of aliphatic hydroxyl groups is 1. The second kappa shape index (κ2) is 2.89. The van der Waals surface area contributed by atoms with Gasteiger partial charge in [0.05, 0.1) is 6.10 Å². The first-order valence-electron chi connectivity index (χ1n) is 4.92. The summed E-state index contributed by atoms with van der Waals surface area (Å²) in [6, 6.07) is 5.66. The molecule has 0 saturated heterocycles. The number of fused-ring (bicyclic) bond motifs is 1. The average molecular weight is 192 g/mol. The highest BCUT2D eigenvalue weighted by molar-refractivity contribution is 5.45. The van der Waals surface area contributed by atoms with Crippen LogP contribution in [0.5, 0.6) is 11.5 Å². The zero-order chi connectivity index (χ0) is 9.54. The fourth-order valence-corrected chi connectivity index (χ4v) is 1.78. The zero-order valence-corrected chi connectivity index (χ0v) is 7.77. The number of ether oxygens (including phenoxy) is 2. The molecular weight excluding hydrogens is 180 g/mol. The Balaban J connectivity index is 1.91. The molecule has 1 atom stereocenters. The molecule has 1 fully saturated rings. The van der Waals surface area contributed by atoms with Crippen molar-refractivity contribution in [2.24, 2.45) is 5.92 Å². The minimum absolute atomic E-state index is 0.290. The van der Waals surface area contributed by atoms with Gasteiger partial charge in [-0.05, 0) is 36.5 Å². The minimum Gasteiger partial charge on any atom is -0.454 e. The highest BCUT2D eigenvalue weighted by Crippen LogP contribution is 2.43. The summed E-state index contributed by atoms with van der Waals surface area (Å²) in [6.07, 6.45) is 1.94. The fourth-order valence-electron chi connectivity index (χ4n) is 1.78. The third-order valence-electron chi connectivity index (χ3n) is 2.81. The Bertz CT molecular complexity index is 358. The first kappa shape index (κ1) is 8.12. The summed E-state index contributed by atoms with van der Waals surface area (Å²) >= 11 is 0. The summed E-state index contributed by atoms with van der Waals surface area (Å²) in [7, 11) is 0. The standard InChI is InChI=1S/C11H12O3/c12-11(7-1-2-7)8-3-4-9-10(5-8)14-6-13-9/h3-5,7,11-12H,1-2,6H2/t11-/m1/s1. The van der Waals surface area contributed by atoms with Crippen molar-refractivity contribution in [3.63, 3.8) is 0 Å². The van der Waals surface area contributed by atoms with Crippen molar-refractivity contribution < 1.29 is 14.6 Å². The molecule has 1 aliphatic carbocycles. The maximum absolute atomic E-state index is 9.90. The van der Waals surface area contributed by atoms with E-state index in [2.05, 4.69) is 0 Å². The molecule has 0 unspecified atom stereocenters. The summed E-state index contributed by atoms with van der Waals surface area (Å²) in [4.78, 5) is 0. The maximum atomic E-state index is 9.90. The summed E-state index contributed by atoms with van der Waals surface area (Å²) in [5.41, 5.74) is 0.941. The van der Waals surface area contributed by atoms with Gasteiger partial charge in [-0.1, -0.05) is 6.07 Å². The Morgan fingerprint density at radius 2 is 2.00 bits per heavy atom. The van der Waals surface area contributed by atoms with Crippen molar-refractivity contribution in [3.8, 4) is 11.5 Å². The lowest BCUT2D eigenvalue weighted by atomic mass is 10.1. The van der Waals surface area contributed by atoms with Crippen LogP contribution in [-0.2, 0) is 0 Å². The Hall–Kier alpha value is -1.22. The van der Waals surface area contributed by atoms with E-state index >= 15 is 0 Å². The number of hydrogen-bond acceptors (Lipinski definition) is 3. The van der Waals surface area contributed by atoms with E-state index in [-0.39, 0.29) is 12.9 Å². The highest BCUT2D eigenvalue weighted by atomic mass is 16.7. The van der Waals surface area contributed by atoms with Crippen LogP contribution in [0.4, 0.5) is 0 Å². The van der Waals surface area contributed by atoms with Crippen LogP contribution in [0.25, 0.3) is 0 Å². The van der Waals surface area contributed by atoms with Gasteiger partial charge in [0.25, 0.3) is 0 Å². The third kappa shape index (κ3) is 1.24. The van der Waals surface area contributed by atoms with E-state index < -0.39 is 0 Å². The Labute approximate surface area is 82.3 Å². The maximum Gasteiger partial charge on any atom is 0.231 e. The van der Waals surface area contributed by atoms with Gasteiger partial charge in [-0.15, -0.1) is 0 Å². The molecule has 2 aliphatic rings. The predicted octanol–water partition coefficient (Wildman–Crippen LogP) is 1.86. The van der Waals surface area contributed by atoms with E-state index in [1.54, 1.807) is 0 Å². The molecule has 0 spiro atoms. The highest BCUT2D eigenvalue weighted by Gasteiger charge is 2.31. The van der Waals surface area contributed by atoms with Crippen molar-refractivity contribution in [2.75, 3.05) is 6.79 Å². The average Bonchev–Trinajstić information content (AvgIpc) is 2.95. The van der Waals surface area contributed by atoms with E-state index in [0.29, 0.717) is 5.92 Å². The fraction of sp³-hybridized carbons (Fsp3) is 0.455. The molecule has 3 rings (SSSR count). The first-order chi connectivity index (χ1) is 6.84. The predicted molar refractivity (Wildman–Crippen MR) is 50.2 cm³/mol. The van der Waals surface area contributed by atoms with Crippen LogP contribution in [0, 0.1) is 5.92 Å². The lowest BCUT2D eigenvalue weighted by Crippen LogP contribution is -1.98. The van der Waals surface area contributed by atoms with Gasteiger partial charge in [0, 0.05) is 0 Å². The van der Waals surface area contributed by atoms with Crippen molar-refractivity contribution in [1.29, 1.82) is 0 Å². The second-order valence-corrected chi connectivity index (χ2v) is 3.89. The molecule has 3 nitrogen and oxygen atoms in total. The topological polar surface area (TPSA) is 38.7 Å². The Morgan fingerprint density at radius 1 is 1.21 bits per heavy atom. The van der Waals surface area contributed by atoms with Crippen LogP contribution in [0.15, 0.2) is 18.2 Å². The van der Waals surface area contributed by atoms with Gasteiger partial charge in [0.15, 0.2) is 11.5 Å². The number of hydrogen-bond donors (Lipinski definition) is 1. The summed E-state index contributed by atoms with van der Waals surface area (Å²) in [5.74, 6) is 1.98. The van der Waals surface area contributed by atoms with Crippen LogP contribution in [-0.4, -0.2) is 11.9 Å². The molecule has 1 N–H and O–H groups in total. The van der Waals surface area contributed by atoms with Gasteiger partial charge in [0.2, 0.25) is 6.79 Å². The second-order valence-electron chi connectivity index (χ2n) is 3.89. The summed E-state index contributed by atoms with van der Waals surface area (Å²) in [5, 5.41) is 9.90. The van der Waals surface area contributed by atoms with Crippen molar-refractivity contribution in [2.45, 2.75) is 18.9 Å². The van der Waals surface area contributed by atoms with Crippen molar-refractivity contribution >= 4 is 0 Å². The van der Waals surface area contributed by atoms with Crippen molar-refractivity contribution in [1.82, 2.24) is 0 Å². The number of rotatable bonds is 2. The molecule has 1 aromatic carbocycles.